The van der Waals surface area contributed by atoms with Crippen LogP contribution >= 0.6 is 23.1 Å². The van der Waals surface area contributed by atoms with Gasteiger partial charge in [0.2, 0.25) is 0 Å². The van der Waals surface area contributed by atoms with Crippen molar-refractivity contribution in [1.82, 2.24) is 25.4 Å². The normalized spacial score (nSPS) is 10.7. The zero-order valence-electron chi connectivity index (χ0n) is 15.9. The molecule has 3 amide bonds. The summed E-state index contributed by atoms with van der Waals surface area (Å²) in [7, 11) is 0. The number of thiophene rings is 1. The molecule has 0 aliphatic carbocycles. The number of esters is 1. The second-order valence-corrected chi connectivity index (χ2v) is 8.02. The zero-order chi connectivity index (χ0) is 20.5. The molecule has 2 N–H and O–H groups in total. The van der Waals surface area contributed by atoms with E-state index in [4.69, 9.17) is 4.74 Å². The Balaban J connectivity index is 1.77. The average Bonchev–Trinajstić information content (AvgIpc) is 3.31. The molecular formula is C17H23N5O4S2. The van der Waals surface area contributed by atoms with Crippen molar-refractivity contribution in [3.8, 4) is 10.7 Å². The lowest BCUT2D eigenvalue weighted by molar-refractivity contribution is -0.145. The number of ether oxygens (including phenoxy) is 1. The summed E-state index contributed by atoms with van der Waals surface area (Å²) in [6, 6.07) is 3.29. The third-order valence-electron chi connectivity index (χ3n) is 3.38. The number of aromatic nitrogens is 3. The van der Waals surface area contributed by atoms with Gasteiger partial charge in [0.15, 0.2) is 17.6 Å². The van der Waals surface area contributed by atoms with Crippen LogP contribution in [-0.4, -0.2) is 51.6 Å². The number of hydrogen-bond donors (Lipinski definition) is 2. The molecule has 0 saturated heterocycles. The number of hydrogen-bond acceptors (Lipinski definition) is 8. The number of amides is 3. The summed E-state index contributed by atoms with van der Waals surface area (Å²) in [4.78, 5) is 36.0. The Labute approximate surface area is 171 Å². The Bertz CT molecular complexity index is 805. The van der Waals surface area contributed by atoms with Gasteiger partial charge in [-0.2, -0.15) is 0 Å². The summed E-state index contributed by atoms with van der Waals surface area (Å²) in [6.45, 7) is 6.42. The van der Waals surface area contributed by atoms with Crippen molar-refractivity contribution in [2.24, 2.45) is 5.92 Å². The Morgan fingerprint density at radius 2 is 2.11 bits per heavy atom. The maximum Gasteiger partial charge on any atom is 0.321 e. The smallest absolute Gasteiger partial charge is 0.321 e. The van der Waals surface area contributed by atoms with Crippen molar-refractivity contribution in [3.05, 3.63) is 17.5 Å². The van der Waals surface area contributed by atoms with E-state index >= 15 is 0 Å². The number of urea groups is 1. The maximum atomic E-state index is 11.9. The molecule has 0 spiro atoms. The van der Waals surface area contributed by atoms with Gasteiger partial charge in [0.25, 0.3) is 5.91 Å². The fourth-order valence-corrected chi connectivity index (χ4v) is 3.60. The number of thioether (sulfide) groups is 1. The number of carbonyl (C=O) groups is 3. The minimum absolute atomic E-state index is 0.0185. The minimum Gasteiger partial charge on any atom is -0.455 e. The molecule has 2 aromatic heterocycles. The number of nitrogens with zero attached hydrogens (tertiary/aromatic N) is 3. The van der Waals surface area contributed by atoms with Gasteiger partial charge >= 0.3 is 12.0 Å². The molecule has 2 aromatic rings. The van der Waals surface area contributed by atoms with Crippen LogP contribution in [0.5, 0.6) is 0 Å². The zero-order valence-corrected chi connectivity index (χ0v) is 17.6. The van der Waals surface area contributed by atoms with Gasteiger partial charge in [0, 0.05) is 13.1 Å². The lowest BCUT2D eigenvalue weighted by atomic mass is 10.2. The van der Waals surface area contributed by atoms with Crippen LogP contribution in [-0.2, 0) is 20.9 Å². The van der Waals surface area contributed by atoms with Gasteiger partial charge in [0.05, 0.1) is 10.6 Å². The molecule has 0 unspecified atom stereocenters. The fraction of sp³-hybridized carbons (Fsp3) is 0.471. The van der Waals surface area contributed by atoms with Crippen LogP contribution in [0.4, 0.5) is 4.79 Å². The maximum absolute atomic E-state index is 11.9. The lowest BCUT2D eigenvalue weighted by Gasteiger charge is -2.09. The lowest BCUT2D eigenvalue weighted by Crippen LogP contribution is -2.42. The topological polar surface area (TPSA) is 115 Å². The van der Waals surface area contributed by atoms with Crippen LogP contribution in [0, 0.1) is 5.92 Å². The predicted octanol–water partition coefficient (Wildman–Crippen LogP) is 2.14. The first kappa shape index (κ1) is 21.9. The molecule has 0 bridgehead atoms. The van der Waals surface area contributed by atoms with Crippen molar-refractivity contribution in [1.29, 1.82) is 0 Å². The average molecular weight is 426 g/mol. The molecule has 0 aliphatic rings. The van der Waals surface area contributed by atoms with Crippen molar-refractivity contribution in [2.45, 2.75) is 32.5 Å². The molecule has 28 heavy (non-hydrogen) atoms. The highest BCUT2D eigenvalue weighted by Gasteiger charge is 2.16. The van der Waals surface area contributed by atoms with Gasteiger partial charge in [-0.3, -0.25) is 14.9 Å². The van der Waals surface area contributed by atoms with Crippen LogP contribution < -0.4 is 10.6 Å². The number of rotatable bonds is 9. The van der Waals surface area contributed by atoms with E-state index in [0.717, 1.165) is 10.7 Å². The molecule has 0 saturated carbocycles. The van der Waals surface area contributed by atoms with E-state index in [-0.39, 0.29) is 11.7 Å². The fourth-order valence-electron chi connectivity index (χ4n) is 2.08. The van der Waals surface area contributed by atoms with Crippen molar-refractivity contribution in [2.75, 3.05) is 18.9 Å². The summed E-state index contributed by atoms with van der Waals surface area (Å²) in [5.41, 5.74) is 0. The molecule has 0 fully saturated rings. The highest BCUT2D eigenvalue weighted by molar-refractivity contribution is 7.99. The second-order valence-electron chi connectivity index (χ2n) is 6.13. The molecule has 2 heterocycles. The van der Waals surface area contributed by atoms with E-state index in [1.54, 1.807) is 11.3 Å². The van der Waals surface area contributed by atoms with E-state index in [0.29, 0.717) is 18.2 Å². The monoisotopic (exact) mass is 425 g/mol. The molecule has 0 aliphatic heterocycles. The molecule has 11 heteroatoms. The van der Waals surface area contributed by atoms with E-state index in [9.17, 15) is 14.4 Å². The Morgan fingerprint density at radius 1 is 1.32 bits per heavy atom. The molecule has 2 rings (SSSR count). The van der Waals surface area contributed by atoms with E-state index in [1.807, 2.05) is 42.9 Å². The van der Waals surface area contributed by atoms with Gasteiger partial charge < -0.3 is 14.6 Å². The van der Waals surface area contributed by atoms with Crippen molar-refractivity contribution in [3.63, 3.8) is 0 Å². The second kappa shape index (κ2) is 10.8. The highest BCUT2D eigenvalue weighted by Crippen LogP contribution is 2.27. The van der Waals surface area contributed by atoms with E-state index in [2.05, 4.69) is 20.8 Å². The molecule has 9 nitrogen and oxygen atoms in total. The van der Waals surface area contributed by atoms with Crippen LogP contribution in [0.2, 0.25) is 0 Å². The molecular weight excluding hydrogens is 402 g/mol. The van der Waals surface area contributed by atoms with Crippen LogP contribution in [0.1, 0.15) is 20.8 Å². The SMILES string of the molecule is CCn1c(SCC(=O)OCC(=O)NC(=O)NCC(C)C)nnc1-c1cccs1. The Kier molecular flexibility index (Phi) is 8.45. The predicted molar refractivity (Wildman–Crippen MR) is 107 cm³/mol. The standard InChI is InChI=1S/C17H23N5O4S2/c1-4-22-15(12-6-5-7-27-12)20-21-17(22)28-10-14(24)26-9-13(23)19-16(25)18-8-11(2)3/h5-7,11H,4,8-10H2,1-3H3,(H2,18,19,23,25). The minimum atomic E-state index is -0.684. The summed E-state index contributed by atoms with van der Waals surface area (Å²) in [5.74, 6) is -0.265. The van der Waals surface area contributed by atoms with Crippen LogP contribution in [0.25, 0.3) is 10.7 Å². The highest BCUT2D eigenvalue weighted by atomic mass is 32.2. The quantitative estimate of drug-likeness (QED) is 0.467. The van der Waals surface area contributed by atoms with Crippen molar-refractivity contribution < 1.29 is 19.1 Å². The third kappa shape index (κ3) is 6.64. The summed E-state index contributed by atoms with van der Waals surface area (Å²) in [6.07, 6.45) is 0. The van der Waals surface area contributed by atoms with E-state index in [1.165, 1.54) is 11.8 Å². The van der Waals surface area contributed by atoms with Crippen molar-refractivity contribution >= 4 is 41.0 Å². The van der Waals surface area contributed by atoms with Gasteiger partial charge in [-0.15, -0.1) is 21.5 Å². The van der Waals surface area contributed by atoms with Gasteiger partial charge in [-0.05, 0) is 24.3 Å². The van der Waals surface area contributed by atoms with Gasteiger partial charge in [0.1, 0.15) is 0 Å². The molecule has 0 atom stereocenters. The number of imide groups is 1. The summed E-state index contributed by atoms with van der Waals surface area (Å²) in [5, 5.41) is 15.5. The van der Waals surface area contributed by atoms with Gasteiger partial charge in [-0.1, -0.05) is 31.7 Å². The van der Waals surface area contributed by atoms with Crippen LogP contribution in [0.3, 0.4) is 0 Å². The molecule has 0 radical (unpaired) electrons. The summed E-state index contributed by atoms with van der Waals surface area (Å²) >= 11 is 2.75. The first-order valence-electron chi connectivity index (χ1n) is 8.73. The third-order valence-corrected chi connectivity index (χ3v) is 5.19. The Morgan fingerprint density at radius 3 is 2.75 bits per heavy atom. The van der Waals surface area contributed by atoms with E-state index < -0.39 is 24.5 Å². The Hall–Kier alpha value is -2.40. The number of nitrogens with one attached hydrogen (secondary N) is 2. The van der Waals surface area contributed by atoms with Crippen LogP contribution in [0.15, 0.2) is 22.7 Å². The first-order chi connectivity index (χ1) is 13.4. The largest absolute Gasteiger partial charge is 0.455 e. The number of carbonyl (C=O) groups excluding carboxylic acids is 3. The molecule has 152 valence electrons. The first-order valence-corrected chi connectivity index (χ1v) is 10.6. The van der Waals surface area contributed by atoms with Gasteiger partial charge in [-0.25, -0.2) is 4.79 Å². The summed E-state index contributed by atoms with van der Waals surface area (Å²) < 4.78 is 6.81. The molecule has 0 aromatic carbocycles.